The third kappa shape index (κ3) is 4.30. The molecule has 0 aromatic heterocycles. The van der Waals surface area contributed by atoms with E-state index in [0.717, 1.165) is 5.56 Å². The van der Waals surface area contributed by atoms with Crippen molar-refractivity contribution < 1.29 is 14.3 Å². The molecule has 20 heavy (non-hydrogen) atoms. The lowest BCUT2D eigenvalue weighted by molar-refractivity contribution is -0.133. The van der Waals surface area contributed by atoms with Crippen LogP contribution in [0.25, 0.3) is 6.08 Å². The zero-order chi connectivity index (χ0) is 15.1. The Morgan fingerprint density at radius 3 is 2.60 bits per heavy atom. The molecule has 4 heteroatoms. The summed E-state index contributed by atoms with van der Waals surface area (Å²) in [6.45, 7) is 5.89. The Kier molecular flexibility index (Phi) is 6.10. The predicted octanol–water partition coefficient (Wildman–Crippen LogP) is 2.97. The second-order valence-electron chi connectivity index (χ2n) is 4.80. The van der Waals surface area contributed by atoms with Gasteiger partial charge in [0.25, 0.3) is 5.91 Å². The summed E-state index contributed by atoms with van der Waals surface area (Å²) in [5.41, 5.74) is 1.03. The minimum Gasteiger partial charge on any atom is -0.493 e. The van der Waals surface area contributed by atoms with E-state index in [2.05, 4.69) is 0 Å². The number of amides is 1. The molecular formula is C16H23NO3. The van der Waals surface area contributed by atoms with Gasteiger partial charge in [0, 0.05) is 13.1 Å². The highest BCUT2D eigenvalue weighted by atomic mass is 16.5. The van der Waals surface area contributed by atoms with Gasteiger partial charge in [0.1, 0.15) is 0 Å². The van der Waals surface area contributed by atoms with Gasteiger partial charge in [-0.05, 0) is 38.5 Å². The molecule has 0 aliphatic carbocycles. The molecule has 0 saturated carbocycles. The monoisotopic (exact) mass is 277 g/mol. The van der Waals surface area contributed by atoms with Crippen LogP contribution in [0, 0.1) is 0 Å². The van der Waals surface area contributed by atoms with E-state index in [1.54, 1.807) is 19.1 Å². The van der Waals surface area contributed by atoms with Crippen molar-refractivity contribution in [3.8, 4) is 11.5 Å². The van der Waals surface area contributed by atoms with Crippen molar-refractivity contribution in [2.45, 2.75) is 26.8 Å². The van der Waals surface area contributed by atoms with E-state index in [4.69, 9.17) is 9.47 Å². The molecule has 0 atom stereocenters. The normalized spacial score (nSPS) is 10.9. The molecule has 0 heterocycles. The standard InChI is InChI=1S/C16H23NO3/c1-6-7-13-8-9-14(15(10-13)19-5)20-11-16(18)17(4)12(2)3/h6-10,12H,11H2,1-5H3. The van der Waals surface area contributed by atoms with E-state index >= 15 is 0 Å². The molecule has 0 aliphatic heterocycles. The lowest BCUT2D eigenvalue weighted by atomic mass is 10.2. The van der Waals surface area contributed by atoms with E-state index in [-0.39, 0.29) is 18.6 Å². The average Bonchev–Trinajstić information content (AvgIpc) is 2.44. The number of ether oxygens (including phenoxy) is 2. The third-order valence-corrected chi connectivity index (χ3v) is 3.07. The van der Waals surface area contributed by atoms with Crippen molar-refractivity contribution in [2.24, 2.45) is 0 Å². The average molecular weight is 277 g/mol. The highest BCUT2D eigenvalue weighted by molar-refractivity contribution is 5.77. The predicted molar refractivity (Wildman–Crippen MR) is 81.1 cm³/mol. The Bertz CT molecular complexity index is 481. The number of benzene rings is 1. The first-order chi connectivity index (χ1) is 9.49. The van der Waals surface area contributed by atoms with Crippen molar-refractivity contribution in [3.63, 3.8) is 0 Å². The first-order valence-corrected chi connectivity index (χ1v) is 6.68. The number of carbonyl (C=O) groups excluding carboxylic acids is 1. The Hall–Kier alpha value is -1.97. The number of carbonyl (C=O) groups is 1. The lowest BCUT2D eigenvalue weighted by Gasteiger charge is -2.21. The quantitative estimate of drug-likeness (QED) is 0.802. The number of nitrogens with zero attached hydrogens (tertiary/aromatic N) is 1. The molecule has 4 nitrogen and oxygen atoms in total. The van der Waals surface area contributed by atoms with Crippen molar-refractivity contribution in [1.29, 1.82) is 0 Å². The van der Waals surface area contributed by atoms with Gasteiger partial charge in [0.2, 0.25) is 0 Å². The van der Waals surface area contributed by atoms with Gasteiger partial charge < -0.3 is 14.4 Å². The number of methoxy groups -OCH3 is 1. The molecule has 0 aliphatic rings. The zero-order valence-corrected chi connectivity index (χ0v) is 12.8. The Morgan fingerprint density at radius 1 is 1.35 bits per heavy atom. The van der Waals surface area contributed by atoms with Gasteiger partial charge in [0.05, 0.1) is 7.11 Å². The molecule has 0 N–H and O–H groups in total. The first kappa shape index (κ1) is 16.1. The molecule has 0 fully saturated rings. The van der Waals surface area contributed by atoms with E-state index in [9.17, 15) is 4.79 Å². The topological polar surface area (TPSA) is 38.8 Å². The first-order valence-electron chi connectivity index (χ1n) is 6.68. The van der Waals surface area contributed by atoms with Crippen LogP contribution < -0.4 is 9.47 Å². The summed E-state index contributed by atoms with van der Waals surface area (Å²) >= 11 is 0. The van der Waals surface area contributed by atoms with Crippen molar-refractivity contribution in [2.75, 3.05) is 20.8 Å². The maximum atomic E-state index is 11.9. The molecule has 1 amide bonds. The maximum absolute atomic E-state index is 11.9. The fourth-order valence-corrected chi connectivity index (χ4v) is 1.63. The lowest BCUT2D eigenvalue weighted by Crippen LogP contribution is -2.36. The van der Waals surface area contributed by atoms with Crippen LogP contribution in [0.5, 0.6) is 11.5 Å². The van der Waals surface area contributed by atoms with Crippen LogP contribution in [0.3, 0.4) is 0 Å². The van der Waals surface area contributed by atoms with Crippen LogP contribution in [-0.4, -0.2) is 37.6 Å². The van der Waals surface area contributed by atoms with Crippen LogP contribution in [-0.2, 0) is 4.79 Å². The molecular weight excluding hydrogens is 254 g/mol. The Balaban J connectivity index is 2.75. The van der Waals surface area contributed by atoms with Gasteiger partial charge >= 0.3 is 0 Å². The molecule has 1 aromatic carbocycles. The number of rotatable bonds is 6. The van der Waals surface area contributed by atoms with E-state index in [0.29, 0.717) is 11.5 Å². The van der Waals surface area contributed by atoms with Crippen molar-refractivity contribution in [1.82, 2.24) is 4.90 Å². The minimum atomic E-state index is -0.0559. The van der Waals surface area contributed by atoms with Crippen LogP contribution in [0.1, 0.15) is 26.3 Å². The second-order valence-corrected chi connectivity index (χ2v) is 4.80. The van der Waals surface area contributed by atoms with E-state index in [1.165, 1.54) is 0 Å². The zero-order valence-electron chi connectivity index (χ0n) is 12.8. The van der Waals surface area contributed by atoms with Gasteiger partial charge in [-0.15, -0.1) is 0 Å². The van der Waals surface area contributed by atoms with Gasteiger partial charge in [-0.3, -0.25) is 4.79 Å². The molecule has 0 unspecified atom stereocenters. The van der Waals surface area contributed by atoms with Crippen LogP contribution in [0.15, 0.2) is 24.3 Å². The molecule has 0 spiro atoms. The number of hydrogen-bond donors (Lipinski definition) is 0. The van der Waals surface area contributed by atoms with Gasteiger partial charge in [0.15, 0.2) is 18.1 Å². The number of allylic oxidation sites excluding steroid dienone is 1. The summed E-state index contributed by atoms with van der Waals surface area (Å²) in [5, 5.41) is 0. The summed E-state index contributed by atoms with van der Waals surface area (Å²) in [6, 6.07) is 5.78. The molecule has 0 saturated heterocycles. The van der Waals surface area contributed by atoms with Crippen LogP contribution in [0.4, 0.5) is 0 Å². The fourth-order valence-electron chi connectivity index (χ4n) is 1.63. The molecule has 0 bridgehead atoms. The van der Waals surface area contributed by atoms with Crippen LogP contribution in [0.2, 0.25) is 0 Å². The Labute approximate surface area is 121 Å². The highest BCUT2D eigenvalue weighted by Crippen LogP contribution is 2.28. The molecule has 1 rings (SSSR count). The number of likely N-dealkylation sites (N-methyl/N-ethyl adjacent to an activating group) is 1. The SMILES string of the molecule is CC=Cc1ccc(OCC(=O)N(C)C(C)C)c(OC)c1. The highest BCUT2D eigenvalue weighted by Gasteiger charge is 2.13. The van der Waals surface area contributed by atoms with Crippen molar-refractivity contribution >= 4 is 12.0 Å². The van der Waals surface area contributed by atoms with Gasteiger partial charge in [-0.1, -0.05) is 18.2 Å². The largest absolute Gasteiger partial charge is 0.493 e. The van der Waals surface area contributed by atoms with Gasteiger partial charge in [-0.25, -0.2) is 0 Å². The summed E-state index contributed by atoms with van der Waals surface area (Å²) in [6.07, 6.45) is 3.93. The molecule has 0 radical (unpaired) electrons. The minimum absolute atomic E-state index is 0.00794. The second kappa shape index (κ2) is 7.58. The Morgan fingerprint density at radius 2 is 2.05 bits per heavy atom. The van der Waals surface area contributed by atoms with E-state index < -0.39 is 0 Å². The molecule has 110 valence electrons. The summed E-state index contributed by atoms with van der Waals surface area (Å²) in [7, 11) is 3.35. The van der Waals surface area contributed by atoms with E-state index in [1.807, 2.05) is 51.1 Å². The number of hydrogen-bond acceptors (Lipinski definition) is 3. The fraction of sp³-hybridized carbons (Fsp3) is 0.438. The van der Waals surface area contributed by atoms with Crippen LogP contribution >= 0.6 is 0 Å². The van der Waals surface area contributed by atoms with Crippen molar-refractivity contribution in [3.05, 3.63) is 29.8 Å². The van der Waals surface area contributed by atoms with Gasteiger partial charge in [-0.2, -0.15) is 0 Å². The summed E-state index contributed by atoms with van der Waals surface area (Å²) < 4.78 is 10.8. The summed E-state index contributed by atoms with van der Waals surface area (Å²) in [5.74, 6) is 1.14. The maximum Gasteiger partial charge on any atom is 0.260 e. The third-order valence-electron chi connectivity index (χ3n) is 3.07. The molecule has 1 aromatic rings. The summed E-state index contributed by atoms with van der Waals surface area (Å²) in [4.78, 5) is 13.5. The smallest absolute Gasteiger partial charge is 0.260 e.